The lowest BCUT2D eigenvalue weighted by Gasteiger charge is -2.14. The van der Waals surface area contributed by atoms with Crippen molar-refractivity contribution in [2.75, 3.05) is 12.4 Å². The van der Waals surface area contributed by atoms with Gasteiger partial charge in [-0.3, -0.25) is 4.79 Å². The van der Waals surface area contributed by atoms with E-state index in [1.807, 2.05) is 68.4 Å². The molecule has 0 radical (unpaired) electrons. The summed E-state index contributed by atoms with van der Waals surface area (Å²) in [6.45, 7) is 4.34. The fourth-order valence-corrected chi connectivity index (χ4v) is 2.78. The van der Waals surface area contributed by atoms with Crippen molar-refractivity contribution in [1.82, 2.24) is 15.3 Å². The van der Waals surface area contributed by atoms with Gasteiger partial charge >= 0.3 is 0 Å². The lowest BCUT2D eigenvalue weighted by Crippen LogP contribution is -2.28. The van der Waals surface area contributed by atoms with Gasteiger partial charge in [-0.05, 0) is 43.2 Å². The Hall–Kier alpha value is -3.41. The summed E-state index contributed by atoms with van der Waals surface area (Å²) >= 11 is 0. The molecule has 2 aromatic carbocycles. The van der Waals surface area contributed by atoms with Crippen LogP contribution in [0.2, 0.25) is 0 Å². The molecular weight excluding hydrogens is 352 g/mol. The Labute approximate surface area is 165 Å². The molecule has 3 rings (SSSR count). The first-order valence-electron chi connectivity index (χ1n) is 9.13. The van der Waals surface area contributed by atoms with Gasteiger partial charge in [0.15, 0.2) is 0 Å². The van der Waals surface area contributed by atoms with Gasteiger partial charge in [-0.15, -0.1) is 0 Å². The second-order valence-corrected chi connectivity index (χ2v) is 6.53. The van der Waals surface area contributed by atoms with Crippen molar-refractivity contribution in [2.24, 2.45) is 0 Å². The van der Waals surface area contributed by atoms with Crippen molar-refractivity contribution in [3.8, 4) is 5.75 Å². The van der Waals surface area contributed by atoms with E-state index in [0.717, 1.165) is 22.6 Å². The van der Waals surface area contributed by atoms with E-state index in [1.165, 1.54) is 0 Å². The summed E-state index contributed by atoms with van der Waals surface area (Å²) in [4.78, 5) is 21.4. The lowest BCUT2D eigenvalue weighted by molar-refractivity contribution is 0.0934. The molecule has 0 aliphatic heterocycles. The van der Waals surface area contributed by atoms with Crippen LogP contribution in [0.15, 0.2) is 60.7 Å². The van der Waals surface area contributed by atoms with Crippen LogP contribution in [0.5, 0.6) is 5.75 Å². The van der Waals surface area contributed by atoms with E-state index in [2.05, 4.69) is 20.6 Å². The van der Waals surface area contributed by atoms with Gasteiger partial charge in [-0.25, -0.2) is 9.97 Å². The van der Waals surface area contributed by atoms with Crippen LogP contribution in [-0.2, 0) is 6.54 Å². The third-order valence-corrected chi connectivity index (χ3v) is 4.34. The third kappa shape index (κ3) is 5.07. The molecule has 0 saturated carbocycles. The molecule has 0 saturated heterocycles. The number of carbonyl (C=O) groups excluding carboxylic acids is 1. The number of hydrogen-bond acceptors (Lipinski definition) is 5. The van der Waals surface area contributed by atoms with Gasteiger partial charge in [0.1, 0.15) is 11.4 Å². The molecule has 1 amide bonds. The number of carbonyl (C=O) groups is 1. The number of nitrogens with zero attached hydrogens (tertiary/aromatic N) is 2. The topological polar surface area (TPSA) is 76.1 Å². The molecule has 0 spiro atoms. The molecule has 0 aliphatic carbocycles. The van der Waals surface area contributed by atoms with E-state index in [0.29, 0.717) is 18.2 Å². The summed E-state index contributed by atoms with van der Waals surface area (Å²) in [5.74, 6) is 1.00. The summed E-state index contributed by atoms with van der Waals surface area (Å²) in [5.41, 5.74) is 3.17. The minimum Gasteiger partial charge on any atom is -0.497 e. The number of anilines is 1. The van der Waals surface area contributed by atoms with Crippen LogP contribution in [0.1, 0.15) is 40.3 Å². The zero-order chi connectivity index (χ0) is 19.9. The highest BCUT2D eigenvalue weighted by atomic mass is 16.5. The fraction of sp³-hybridized carbons (Fsp3) is 0.227. The number of aromatic nitrogens is 2. The second kappa shape index (κ2) is 8.99. The van der Waals surface area contributed by atoms with Gasteiger partial charge in [0, 0.05) is 12.2 Å². The number of aryl methyl sites for hydroxylation is 1. The number of ether oxygens (including phenoxy) is 1. The van der Waals surface area contributed by atoms with Gasteiger partial charge in [0.2, 0.25) is 5.95 Å². The van der Waals surface area contributed by atoms with Crippen LogP contribution in [-0.4, -0.2) is 23.0 Å². The monoisotopic (exact) mass is 376 g/mol. The van der Waals surface area contributed by atoms with Crippen LogP contribution in [0, 0.1) is 6.92 Å². The first-order chi connectivity index (χ1) is 13.5. The lowest BCUT2D eigenvalue weighted by atomic mass is 10.1. The van der Waals surface area contributed by atoms with Crippen molar-refractivity contribution in [3.05, 3.63) is 83.2 Å². The number of nitrogens with one attached hydrogen (secondary N) is 2. The molecule has 28 heavy (non-hydrogen) atoms. The number of methoxy groups -OCH3 is 1. The smallest absolute Gasteiger partial charge is 0.270 e. The largest absolute Gasteiger partial charge is 0.497 e. The van der Waals surface area contributed by atoms with Crippen LogP contribution in [0.25, 0.3) is 0 Å². The van der Waals surface area contributed by atoms with Crippen LogP contribution < -0.4 is 15.4 Å². The quantitative estimate of drug-likeness (QED) is 0.654. The average molecular weight is 376 g/mol. The maximum atomic E-state index is 12.6. The SMILES string of the molecule is COc1ccc(CNc2nc(C)cc(C(=O)NC(C)c3ccccc3)n2)cc1. The van der Waals surface area contributed by atoms with Crippen molar-refractivity contribution in [3.63, 3.8) is 0 Å². The van der Waals surface area contributed by atoms with Crippen LogP contribution in [0.3, 0.4) is 0 Å². The van der Waals surface area contributed by atoms with Crippen molar-refractivity contribution in [1.29, 1.82) is 0 Å². The highest BCUT2D eigenvalue weighted by molar-refractivity contribution is 5.92. The Morgan fingerprint density at radius 3 is 2.46 bits per heavy atom. The van der Waals surface area contributed by atoms with Gasteiger partial charge in [0.25, 0.3) is 5.91 Å². The third-order valence-electron chi connectivity index (χ3n) is 4.34. The summed E-state index contributed by atoms with van der Waals surface area (Å²) in [6.07, 6.45) is 0. The predicted molar refractivity (Wildman–Crippen MR) is 109 cm³/mol. The first kappa shape index (κ1) is 19.4. The molecule has 1 aromatic heterocycles. The summed E-state index contributed by atoms with van der Waals surface area (Å²) in [6, 6.07) is 19.1. The average Bonchev–Trinajstić information content (AvgIpc) is 2.72. The van der Waals surface area contributed by atoms with Crippen molar-refractivity contribution in [2.45, 2.75) is 26.4 Å². The molecule has 144 valence electrons. The van der Waals surface area contributed by atoms with E-state index in [9.17, 15) is 4.79 Å². The Morgan fingerprint density at radius 2 is 1.79 bits per heavy atom. The number of amides is 1. The molecular formula is C22H24N4O2. The Balaban J connectivity index is 1.67. The van der Waals surface area contributed by atoms with E-state index >= 15 is 0 Å². The summed E-state index contributed by atoms with van der Waals surface area (Å²) < 4.78 is 5.16. The predicted octanol–water partition coefficient (Wildman–Crippen LogP) is 3.90. The van der Waals surface area contributed by atoms with Crippen molar-refractivity contribution >= 4 is 11.9 Å². The zero-order valence-electron chi connectivity index (χ0n) is 16.3. The molecule has 1 atom stereocenters. The van der Waals surface area contributed by atoms with E-state index < -0.39 is 0 Å². The Bertz CT molecular complexity index is 927. The van der Waals surface area contributed by atoms with Crippen LogP contribution >= 0.6 is 0 Å². The number of rotatable bonds is 7. The fourth-order valence-electron chi connectivity index (χ4n) is 2.78. The highest BCUT2D eigenvalue weighted by Crippen LogP contribution is 2.14. The Kier molecular flexibility index (Phi) is 6.22. The van der Waals surface area contributed by atoms with E-state index in [1.54, 1.807) is 13.2 Å². The molecule has 3 aromatic rings. The van der Waals surface area contributed by atoms with Gasteiger partial charge in [-0.2, -0.15) is 0 Å². The summed E-state index contributed by atoms with van der Waals surface area (Å²) in [5, 5.41) is 6.16. The number of hydrogen-bond donors (Lipinski definition) is 2. The van der Waals surface area contributed by atoms with Gasteiger partial charge in [-0.1, -0.05) is 42.5 Å². The first-order valence-corrected chi connectivity index (χ1v) is 9.13. The molecule has 6 heteroatoms. The maximum Gasteiger partial charge on any atom is 0.270 e. The minimum absolute atomic E-state index is 0.111. The number of benzene rings is 2. The second-order valence-electron chi connectivity index (χ2n) is 6.53. The molecule has 0 bridgehead atoms. The molecule has 0 fully saturated rings. The molecule has 2 N–H and O–H groups in total. The van der Waals surface area contributed by atoms with E-state index in [4.69, 9.17) is 4.74 Å². The minimum atomic E-state index is -0.227. The maximum absolute atomic E-state index is 12.6. The Morgan fingerprint density at radius 1 is 1.07 bits per heavy atom. The normalized spacial score (nSPS) is 11.5. The van der Waals surface area contributed by atoms with Crippen LogP contribution in [0.4, 0.5) is 5.95 Å². The zero-order valence-corrected chi connectivity index (χ0v) is 16.3. The molecule has 1 unspecified atom stereocenters. The molecule has 6 nitrogen and oxygen atoms in total. The standard InChI is InChI=1S/C22H24N4O2/c1-15-13-20(21(27)25-16(2)18-7-5-4-6-8-18)26-22(24-15)23-14-17-9-11-19(28-3)12-10-17/h4-13,16H,14H2,1-3H3,(H,25,27)(H,23,24,26). The van der Waals surface area contributed by atoms with Gasteiger partial charge < -0.3 is 15.4 Å². The van der Waals surface area contributed by atoms with E-state index in [-0.39, 0.29) is 11.9 Å². The van der Waals surface area contributed by atoms with Gasteiger partial charge in [0.05, 0.1) is 13.2 Å². The van der Waals surface area contributed by atoms with Crippen molar-refractivity contribution < 1.29 is 9.53 Å². The molecule has 0 aliphatic rings. The molecule has 1 heterocycles. The summed E-state index contributed by atoms with van der Waals surface area (Å²) in [7, 11) is 1.64. The highest BCUT2D eigenvalue weighted by Gasteiger charge is 2.14.